The summed E-state index contributed by atoms with van der Waals surface area (Å²) >= 11 is 0.726. The monoisotopic (exact) mass is 462 g/mol. The molecule has 0 spiro atoms. The highest BCUT2D eigenvalue weighted by molar-refractivity contribution is 7.90. The van der Waals surface area contributed by atoms with Crippen LogP contribution < -0.4 is 5.32 Å². The van der Waals surface area contributed by atoms with Crippen LogP contribution in [0.15, 0.2) is 35.2 Å². The highest BCUT2D eigenvalue weighted by Gasteiger charge is 2.33. The Labute approximate surface area is 174 Å². The maximum absolute atomic E-state index is 12.8. The van der Waals surface area contributed by atoms with Gasteiger partial charge in [-0.1, -0.05) is 12.1 Å². The zero-order valence-electron chi connectivity index (χ0n) is 15.8. The normalized spacial score (nSPS) is 12.5. The fraction of sp³-hybridized carbons (Fsp3) is 0.294. The number of esters is 1. The zero-order valence-corrected chi connectivity index (χ0v) is 17.4. The van der Waals surface area contributed by atoms with Crippen molar-refractivity contribution in [2.24, 2.45) is 0 Å². The summed E-state index contributed by atoms with van der Waals surface area (Å²) in [6.07, 6.45) is -3.36. The van der Waals surface area contributed by atoms with E-state index in [1.54, 1.807) is 13.0 Å². The molecule has 2 aromatic rings. The van der Waals surface area contributed by atoms with Gasteiger partial charge in [0, 0.05) is 11.8 Å². The van der Waals surface area contributed by atoms with Crippen molar-refractivity contribution in [1.29, 1.82) is 5.41 Å². The number of carbonyl (C=O) groups excluding carboxylic acids is 1. The first-order valence-corrected chi connectivity index (χ1v) is 11.0. The molecule has 0 radical (unpaired) electrons. The van der Waals surface area contributed by atoms with Gasteiger partial charge in [0.2, 0.25) is 0 Å². The molecule has 8 nitrogen and oxygen atoms in total. The van der Waals surface area contributed by atoms with Gasteiger partial charge in [-0.2, -0.15) is 17.5 Å². The molecule has 2 N–H and O–H groups in total. The lowest BCUT2D eigenvalue weighted by Gasteiger charge is -2.10. The number of allylic oxidation sites excluding steroid dienone is 1. The Kier molecular flexibility index (Phi) is 7.31. The summed E-state index contributed by atoms with van der Waals surface area (Å²) in [5.74, 6) is -0.615. The van der Waals surface area contributed by atoms with Gasteiger partial charge in [-0.3, -0.25) is 10.2 Å². The van der Waals surface area contributed by atoms with Crippen LogP contribution in [0.2, 0.25) is 0 Å². The molecule has 0 aliphatic rings. The van der Waals surface area contributed by atoms with Crippen molar-refractivity contribution in [3.8, 4) is 11.4 Å². The van der Waals surface area contributed by atoms with E-state index in [1.165, 1.54) is 18.2 Å². The van der Waals surface area contributed by atoms with Crippen molar-refractivity contribution in [2.75, 3.05) is 19.4 Å². The van der Waals surface area contributed by atoms with Gasteiger partial charge in [0.05, 0.1) is 17.2 Å². The van der Waals surface area contributed by atoms with Crippen LogP contribution in [0.4, 0.5) is 13.2 Å². The molecular weight excluding hydrogens is 445 g/mol. The van der Waals surface area contributed by atoms with E-state index in [0.717, 1.165) is 17.8 Å². The Hall–Kier alpha value is -2.80. The van der Waals surface area contributed by atoms with E-state index in [4.69, 9.17) is 10.1 Å². The second-order valence-corrected chi connectivity index (χ2v) is 8.62. The van der Waals surface area contributed by atoms with Gasteiger partial charge in [0.1, 0.15) is 12.3 Å². The minimum absolute atomic E-state index is 0.0203. The number of hydrogen-bond acceptors (Lipinski definition) is 9. The Bertz CT molecular complexity index is 1080. The van der Waals surface area contributed by atoms with E-state index in [1.807, 2.05) is 0 Å². The van der Waals surface area contributed by atoms with Crippen LogP contribution >= 0.6 is 11.5 Å². The molecule has 162 valence electrons. The quantitative estimate of drug-likeness (QED) is 0.457. The summed E-state index contributed by atoms with van der Waals surface area (Å²) in [6, 6.07) is 5.77. The van der Waals surface area contributed by atoms with Crippen molar-refractivity contribution < 1.29 is 31.1 Å². The average Bonchev–Trinajstić information content (AvgIpc) is 3.14. The number of aromatic nitrogens is 2. The molecule has 0 amide bonds. The molecule has 1 aromatic carbocycles. The van der Waals surface area contributed by atoms with Gasteiger partial charge in [-0.05, 0) is 36.7 Å². The molecule has 13 heteroatoms. The third-order valence-electron chi connectivity index (χ3n) is 3.50. The van der Waals surface area contributed by atoms with E-state index in [2.05, 4.69) is 14.7 Å². The smallest absolute Gasteiger partial charge is 0.432 e. The minimum Gasteiger partial charge on any atom is -0.465 e. The van der Waals surface area contributed by atoms with Crippen molar-refractivity contribution in [3.05, 3.63) is 35.3 Å². The number of sulfone groups is 1. The summed E-state index contributed by atoms with van der Waals surface area (Å²) in [7, 11) is -3.48. The predicted octanol–water partition coefficient (Wildman–Crippen LogP) is 2.68. The number of hydrogen-bond donors (Lipinski definition) is 2. The van der Waals surface area contributed by atoms with Crippen molar-refractivity contribution in [2.45, 2.75) is 18.0 Å². The fourth-order valence-electron chi connectivity index (χ4n) is 2.11. The topological polar surface area (TPSA) is 122 Å². The largest absolute Gasteiger partial charge is 0.465 e. The summed E-state index contributed by atoms with van der Waals surface area (Å²) < 4.78 is 70.6. The highest BCUT2D eigenvalue weighted by Crippen LogP contribution is 2.25. The third-order valence-corrected chi connectivity index (χ3v) is 5.36. The van der Waals surface area contributed by atoms with Gasteiger partial charge >= 0.3 is 12.1 Å². The average molecular weight is 462 g/mol. The molecule has 0 saturated heterocycles. The second-order valence-electron chi connectivity index (χ2n) is 5.85. The molecular formula is C17H17F3N4O4S2. The first-order valence-electron chi connectivity index (χ1n) is 8.33. The number of benzene rings is 1. The molecule has 2 rings (SSSR count). The number of nitrogens with one attached hydrogen (secondary N) is 2. The van der Waals surface area contributed by atoms with E-state index in [0.29, 0.717) is 11.6 Å². The van der Waals surface area contributed by atoms with Crippen LogP contribution in [0.1, 0.15) is 11.9 Å². The summed E-state index contributed by atoms with van der Waals surface area (Å²) in [5, 5.41) is 9.65. The lowest BCUT2D eigenvalue weighted by molar-refractivity contribution is -0.141. The van der Waals surface area contributed by atoms with Crippen LogP contribution in [0, 0.1) is 5.41 Å². The van der Waals surface area contributed by atoms with Gasteiger partial charge in [-0.15, -0.1) is 0 Å². The van der Waals surface area contributed by atoms with Crippen LogP contribution in [0.25, 0.3) is 17.1 Å². The predicted molar refractivity (Wildman–Crippen MR) is 105 cm³/mol. The maximum atomic E-state index is 12.8. The Morgan fingerprint density at radius 2 is 2.07 bits per heavy atom. The Morgan fingerprint density at radius 3 is 2.67 bits per heavy atom. The Morgan fingerprint density at radius 1 is 1.37 bits per heavy atom. The van der Waals surface area contributed by atoms with Crippen molar-refractivity contribution >= 4 is 38.7 Å². The number of alkyl halides is 3. The molecule has 0 fully saturated rings. The number of ether oxygens (including phenoxy) is 1. The molecule has 0 unspecified atom stereocenters. The molecule has 0 bridgehead atoms. The van der Waals surface area contributed by atoms with Crippen molar-refractivity contribution in [3.63, 3.8) is 0 Å². The lowest BCUT2D eigenvalue weighted by atomic mass is 10.2. The molecule has 1 heterocycles. The minimum atomic E-state index is -4.89. The third kappa shape index (κ3) is 6.35. The van der Waals surface area contributed by atoms with E-state index < -0.39 is 34.2 Å². The van der Waals surface area contributed by atoms with E-state index in [9.17, 15) is 26.4 Å². The van der Waals surface area contributed by atoms with Crippen LogP contribution in [-0.4, -0.2) is 55.0 Å². The second kappa shape index (κ2) is 9.34. The number of rotatable bonds is 8. The number of carbonyl (C=O) groups is 1. The highest BCUT2D eigenvalue weighted by atomic mass is 32.2. The van der Waals surface area contributed by atoms with Gasteiger partial charge in [0.25, 0.3) is 0 Å². The first kappa shape index (κ1) is 23.5. The number of halogens is 3. The van der Waals surface area contributed by atoms with Crippen LogP contribution in [0.5, 0.6) is 0 Å². The summed E-state index contributed by atoms with van der Waals surface area (Å²) in [6.45, 7) is 1.23. The standard InChI is InChI=1S/C17H17F3N4O4S2/c1-3-28-14(25)9-22-12(8-13(21)17(18,19)20)16-23-15(24-29-16)10-5-4-6-11(7-10)30(2,26)27/h4-8,21-22H,3,9H2,1-2H3/b12-8-,21-13?. The van der Waals surface area contributed by atoms with Gasteiger partial charge < -0.3 is 10.1 Å². The summed E-state index contributed by atoms with van der Waals surface area (Å²) in [4.78, 5) is 15.7. The molecule has 0 aliphatic heterocycles. The molecule has 30 heavy (non-hydrogen) atoms. The van der Waals surface area contributed by atoms with E-state index >= 15 is 0 Å². The lowest BCUT2D eigenvalue weighted by Crippen LogP contribution is -2.26. The summed E-state index contributed by atoms with van der Waals surface area (Å²) in [5.41, 5.74) is -1.55. The van der Waals surface area contributed by atoms with Gasteiger partial charge in [-0.25, -0.2) is 13.4 Å². The zero-order chi connectivity index (χ0) is 22.5. The maximum Gasteiger partial charge on any atom is 0.432 e. The molecule has 1 aromatic heterocycles. The number of nitrogens with zero attached hydrogens (tertiary/aromatic N) is 2. The SMILES string of the molecule is CCOC(=O)CN/C(=C\C(=N)C(F)(F)F)c1nc(-c2cccc(S(C)(=O)=O)c2)ns1. The van der Waals surface area contributed by atoms with Crippen LogP contribution in [0.3, 0.4) is 0 Å². The van der Waals surface area contributed by atoms with Gasteiger partial charge in [0.15, 0.2) is 20.7 Å². The van der Waals surface area contributed by atoms with Crippen molar-refractivity contribution in [1.82, 2.24) is 14.7 Å². The molecule has 0 atom stereocenters. The fourth-order valence-corrected chi connectivity index (χ4v) is 3.45. The Balaban J connectivity index is 2.39. The van der Waals surface area contributed by atoms with Crippen LogP contribution in [-0.2, 0) is 19.4 Å². The van der Waals surface area contributed by atoms with E-state index in [-0.39, 0.29) is 28.0 Å². The first-order chi connectivity index (χ1) is 13.9. The molecule has 0 saturated carbocycles. The molecule has 0 aliphatic carbocycles.